The van der Waals surface area contributed by atoms with Gasteiger partial charge in [-0.25, -0.2) is 0 Å². The predicted octanol–water partition coefficient (Wildman–Crippen LogP) is 4.58. The smallest absolute Gasteiger partial charge is 0.507 e. The van der Waals surface area contributed by atoms with Crippen LogP contribution in [0.2, 0.25) is 0 Å². The third-order valence-corrected chi connectivity index (χ3v) is 5.21. The molecule has 2 N–H and O–H groups in total. The molecular weight excluding hydrogens is 423 g/mol. The van der Waals surface area contributed by atoms with E-state index in [4.69, 9.17) is 16.7 Å². The van der Waals surface area contributed by atoms with Gasteiger partial charge >= 0.3 is 12.3 Å². The number of fused-ring (bicyclic) bond motifs is 1. The molecule has 2 aliphatic rings. The van der Waals surface area contributed by atoms with Gasteiger partial charge in [-0.1, -0.05) is 11.6 Å². The summed E-state index contributed by atoms with van der Waals surface area (Å²) >= 11 is 6.74. The SMILES string of the molecule is CC1=C(CC(=O)O)C2=C(Cl)C(=O)C(=C(O)c3csc(OC(F)(F)F)c3)CC2=N1. The molecule has 0 radical (unpaired) electrons. The average Bonchev–Trinajstić information content (AvgIpc) is 3.13. The van der Waals surface area contributed by atoms with E-state index in [2.05, 4.69) is 9.73 Å². The van der Waals surface area contributed by atoms with Crippen molar-refractivity contribution in [1.29, 1.82) is 0 Å². The Morgan fingerprint density at radius 2 is 2.07 bits per heavy atom. The number of aliphatic hydroxyl groups excluding tert-OH is 1. The van der Waals surface area contributed by atoms with Gasteiger partial charge in [0, 0.05) is 40.3 Å². The van der Waals surface area contributed by atoms with E-state index in [0.717, 1.165) is 6.07 Å². The third-order valence-electron chi connectivity index (χ3n) is 4.05. The molecule has 6 nitrogen and oxygen atoms in total. The van der Waals surface area contributed by atoms with Crippen LogP contribution in [0.25, 0.3) is 5.76 Å². The predicted molar refractivity (Wildman–Crippen MR) is 95.4 cm³/mol. The molecule has 0 bridgehead atoms. The number of aliphatic imine (C=N–C) groups is 1. The number of carbonyl (C=O) groups is 2. The van der Waals surface area contributed by atoms with E-state index >= 15 is 0 Å². The minimum Gasteiger partial charge on any atom is -0.507 e. The molecule has 0 fully saturated rings. The second-order valence-corrected chi connectivity index (χ2v) is 7.17. The van der Waals surface area contributed by atoms with Crippen LogP contribution in [-0.2, 0) is 9.59 Å². The van der Waals surface area contributed by atoms with Crippen LogP contribution in [0.3, 0.4) is 0 Å². The molecule has 0 amide bonds. The topological polar surface area (TPSA) is 96.2 Å². The Morgan fingerprint density at radius 1 is 1.39 bits per heavy atom. The lowest BCUT2D eigenvalue weighted by atomic mass is 9.86. The molecule has 1 aromatic heterocycles. The van der Waals surface area contributed by atoms with Crippen LogP contribution >= 0.6 is 22.9 Å². The maximum Gasteiger partial charge on any atom is 0.573 e. The summed E-state index contributed by atoms with van der Waals surface area (Å²) in [5.41, 5.74) is 1.09. The minimum atomic E-state index is -4.88. The standard InChI is InChI=1S/C17H11ClF3NO5S/c1-6-8(4-11(23)24)13-10(22-6)3-9(16(26)14(13)18)15(25)7-2-12(28-5-7)27-17(19,20)21/h2,5,25H,3-4H2,1H3,(H,23,24). The quantitative estimate of drug-likeness (QED) is 0.535. The van der Waals surface area contributed by atoms with Crippen LogP contribution in [0, 0.1) is 0 Å². The van der Waals surface area contributed by atoms with Gasteiger partial charge in [-0.15, -0.1) is 24.5 Å². The first-order valence-electron chi connectivity index (χ1n) is 7.69. The summed E-state index contributed by atoms with van der Waals surface area (Å²) in [6.45, 7) is 1.58. The number of rotatable bonds is 4. The second-order valence-electron chi connectivity index (χ2n) is 5.92. The molecule has 1 aliphatic heterocycles. The van der Waals surface area contributed by atoms with Gasteiger partial charge in [0.05, 0.1) is 17.2 Å². The molecule has 0 atom stereocenters. The molecule has 3 rings (SSSR count). The zero-order valence-corrected chi connectivity index (χ0v) is 15.6. The highest BCUT2D eigenvalue weighted by atomic mass is 35.5. The minimum absolute atomic E-state index is 0.0328. The van der Waals surface area contributed by atoms with E-state index in [1.165, 1.54) is 5.38 Å². The Bertz CT molecular complexity index is 1020. The van der Waals surface area contributed by atoms with Crippen molar-refractivity contribution in [3.05, 3.63) is 44.5 Å². The number of carboxylic acid groups (broad SMARTS) is 1. The maximum absolute atomic E-state index is 12.6. The first-order valence-corrected chi connectivity index (χ1v) is 8.94. The van der Waals surface area contributed by atoms with Crippen molar-refractivity contribution in [2.45, 2.75) is 26.1 Å². The number of thiophene rings is 1. The maximum atomic E-state index is 12.6. The molecule has 2 heterocycles. The molecular formula is C17H11ClF3NO5S. The summed E-state index contributed by atoms with van der Waals surface area (Å²) in [4.78, 5) is 27.9. The van der Waals surface area contributed by atoms with Gasteiger partial charge < -0.3 is 14.9 Å². The van der Waals surface area contributed by atoms with Gasteiger partial charge in [-0.05, 0) is 12.5 Å². The summed E-state index contributed by atoms with van der Waals surface area (Å²) in [5, 5.41) is 19.9. The fourth-order valence-electron chi connectivity index (χ4n) is 2.90. The van der Waals surface area contributed by atoms with E-state index in [1.807, 2.05) is 0 Å². The number of aliphatic hydroxyl groups is 1. The van der Waals surface area contributed by atoms with Crippen molar-refractivity contribution in [3.63, 3.8) is 0 Å². The number of alkyl halides is 3. The number of carbonyl (C=O) groups excluding carboxylic acids is 1. The zero-order valence-electron chi connectivity index (χ0n) is 14.1. The fraction of sp³-hybridized carbons (Fsp3) is 0.235. The lowest BCUT2D eigenvalue weighted by Gasteiger charge is -2.19. The number of nitrogens with zero attached hydrogens (tertiary/aromatic N) is 1. The Morgan fingerprint density at radius 3 is 2.68 bits per heavy atom. The molecule has 0 unspecified atom stereocenters. The van der Waals surface area contributed by atoms with E-state index in [9.17, 15) is 27.9 Å². The summed E-state index contributed by atoms with van der Waals surface area (Å²) in [6.07, 6.45) is -5.39. The van der Waals surface area contributed by atoms with Crippen LogP contribution in [0.5, 0.6) is 5.06 Å². The Hall–Kier alpha value is -2.59. The number of carboxylic acids is 1. The molecule has 1 aromatic rings. The highest BCUT2D eigenvalue weighted by Crippen LogP contribution is 2.41. The monoisotopic (exact) mass is 433 g/mol. The van der Waals surface area contributed by atoms with Gasteiger partial charge in [-0.3, -0.25) is 14.6 Å². The van der Waals surface area contributed by atoms with E-state index in [0.29, 0.717) is 28.3 Å². The number of Topliss-reactive ketones (excluding diaryl/α,β-unsaturated/α-hetero) is 1. The molecule has 11 heteroatoms. The zero-order chi connectivity index (χ0) is 20.8. The van der Waals surface area contributed by atoms with Crippen LogP contribution in [-0.4, -0.2) is 34.0 Å². The number of hydrogen-bond donors (Lipinski definition) is 2. The number of hydrogen-bond acceptors (Lipinski definition) is 6. The fourth-order valence-corrected chi connectivity index (χ4v) is 4.00. The van der Waals surface area contributed by atoms with Crippen LogP contribution < -0.4 is 4.74 Å². The first-order chi connectivity index (χ1) is 13.0. The number of ketones is 1. The normalized spacial score (nSPS) is 19.0. The van der Waals surface area contributed by atoms with Crippen molar-refractivity contribution in [2.75, 3.05) is 0 Å². The van der Waals surface area contributed by atoms with Crippen molar-refractivity contribution < 1.29 is 37.7 Å². The molecule has 0 saturated carbocycles. The average molecular weight is 434 g/mol. The van der Waals surface area contributed by atoms with Crippen molar-refractivity contribution in [2.24, 2.45) is 4.99 Å². The van der Waals surface area contributed by atoms with Gasteiger partial charge in [0.15, 0.2) is 5.06 Å². The number of ether oxygens (including phenoxy) is 1. The Balaban J connectivity index is 1.98. The van der Waals surface area contributed by atoms with Crippen LogP contribution in [0.15, 0.2) is 43.9 Å². The first kappa shape index (κ1) is 20.2. The molecule has 0 saturated heterocycles. The van der Waals surface area contributed by atoms with E-state index in [-0.39, 0.29) is 34.6 Å². The highest BCUT2D eigenvalue weighted by molar-refractivity contribution is 7.12. The van der Waals surface area contributed by atoms with Gasteiger partial charge in [0.25, 0.3) is 0 Å². The molecule has 1 aliphatic carbocycles. The second kappa shape index (κ2) is 7.10. The summed E-state index contributed by atoms with van der Waals surface area (Å²) in [7, 11) is 0. The Kier molecular flexibility index (Phi) is 5.11. The van der Waals surface area contributed by atoms with Crippen LogP contribution in [0.1, 0.15) is 25.3 Å². The third kappa shape index (κ3) is 3.83. The van der Waals surface area contributed by atoms with Gasteiger partial charge in [0.2, 0.25) is 5.78 Å². The Labute approximate surface area is 164 Å². The lowest BCUT2D eigenvalue weighted by molar-refractivity contribution is -0.273. The molecule has 0 aromatic carbocycles. The summed E-state index contributed by atoms with van der Waals surface area (Å²) < 4.78 is 40.7. The largest absolute Gasteiger partial charge is 0.573 e. The summed E-state index contributed by atoms with van der Waals surface area (Å²) in [5.74, 6) is -2.40. The van der Waals surface area contributed by atoms with Crippen molar-refractivity contribution in [3.8, 4) is 5.06 Å². The molecule has 0 spiro atoms. The number of allylic oxidation sites excluding steroid dienone is 4. The molecule has 148 valence electrons. The van der Waals surface area contributed by atoms with Gasteiger partial charge in [-0.2, -0.15) is 0 Å². The van der Waals surface area contributed by atoms with Gasteiger partial charge in [0.1, 0.15) is 5.76 Å². The number of halogens is 4. The van der Waals surface area contributed by atoms with Crippen molar-refractivity contribution in [1.82, 2.24) is 0 Å². The highest BCUT2D eigenvalue weighted by Gasteiger charge is 2.37. The molecule has 28 heavy (non-hydrogen) atoms. The van der Waals surface area contributed by atoms with Crippen molar-refractivity contribution >= 4 is 46.2 Å². The number of aliphatic carboxylic acids is 1. The van der Waals surface area contributed by atoms with E-state index in [1.54, 1.807) is 6.92 Å². The van der Waals surface area contributed by atoms with Crippen LogP contribution in [0.4, 0.5) is 13.2 Å². The summed E-state index contributed by atoms with van der Waals surface area (Å²) in [6, 6.07) is 0.955. The lowest BCUT2D eigenvalue weighted by Crippen LogP contribution is -2.21. The van der Waals surface area contributed by atoms with E-state index < -0.39 is 28.9 Å².